The Bertz CT molecular complexity index is 196. The predicted molar refractivity (Wildman–Crippen MR) is 56.2 cm³/mol. The third-order valence-corrected chi connectivity index (χ3v) is 2.79. The van der Waals surface area contributed by atoms with Crippen LogP contribution in [0.3, 0.4) is 0 Å². The summed E-state index contributed by atoms with van der Waals surface area (Å²) in [5.41, 5.74) is 0. The zero-order valence-corrected chi connectivity index (χ0v) is 9.83. The third-order valence-electron chi connectivity index (χ3n) is 1.41. The van der Waals surface area contributed by atoms with Gasteiger partial charge < -0.3 is 4.55 Å². The van der Waals surface area contributed by atoms with Crippen molar-refractivity contribution in [2.75, 3.05) is 0 Å². The van der Waals surface area contributed by atoms with E-state index in [2.05, 4.69) is 4.40 Å². The van der Waals surface area contributed by atoms with Crippen molar-refractivity contribution in [2.45, 2.75) is 51.2 Å². The fourth-order valence-corrected chi connectivity index (χ4v) is 1.15. The molecule has 0 fully saturated rings. The Balaban J connectivity index is 3.85. The van der Waals surface area contributed by atoms with Crippen LogP contribution in [0.15, 0.2) is 4.40 Å². The molecule has 2 nitrogen and oxygen atoms in total. The monoisotopic (exact) mass is 225 g/mol. The summed E-state index contributed by atoms with van der Waals surface area (Å²) in [7, 11) is 0. The fraction of sp³-hybridized carbons (Fsp3) is 0.889. The molecule has 0 amide bonds. The van der Waals surface area contributed by atoms with E-state index in [0.717, 1.165) is 6.92 Å². The Morgan fingerprint density at radius 2 is 1.79 bits per heavy atom. The summed E-state index contributed by atoms with van der Waals surface area (Å²) < 4.78 is 39.3. The highest BCUT2D eigenvalue weighted by atomic mass is 32.2. The Hall–Kier alpha value is -0.160. The van der Waals surface area contributed by atoms with Crippen molar-refractivity contribution in [3.63, 3.8) is 0 Å². The van der Waals surface area contributed by atoms with Crippen LogP contribution in [0, 0.1) is 0 Å². The quantitative estimate of drug-likeness (QED) is 0.535. The molecule has 1 atom stereocenters. The lowest BCUT2D eigenvalue weighted by atomic mass is 10.2. The van der Waals surface area contributed by atoms with Crippen molar-refractivity contribution < 1.29 is 13.3 Å². The Morgan fingerprint density at radius 1 is 1.29 bits per heavy atom. The molecular weight excluding hydrogens is 208 g/mol. The van der Waals surface area contributed by atoms with E-state index < -0.39 is 22.0 Å². The average molecular weight is 225 g/mol. The minimum atomic E-state index is -2.67. The highest BCUT2D eigenvalue weighted by molar-refractivity contribution is 7.91. The van der Waals surface area contributed by atoms with Crippen LogP contribution in [0.5, 0.6) is 0 Å². The Kier molecular flexibility index (Phi) is 5.01. The Labute approximate surface area is 87.1 Å². The molecule has 0 saturated heterocycles. The van der Waals surface area contributed by atoms with E-state index >= 15 is 0 Å². The van der Waals surface area contributed by atoms with Gasteiger partial charge in [-0.1, -0.05) is 4.40 Å². The summed E-state index contributed by atoms with van der Waals surface area (Å²) in [6.07, 6.45) is 1.22. The molecule has 0 aliphatic carbocycles. The largest absolute Gasteiger partial charge is 0.591 e. The van der Waals surface area contributed by atoms with E-state index in [1.54, 1.807) is 20.8 Å². The summed E-state index contributed by atoms with van der Waals surface area (Å²) in [4.78, 5) is 0. The first-order valence-corrected chi connectivity index (χ1v) is 5.56. The van der Waals surface area contributed by atoms with Crippen LogP contribution >= 0.6 is 0 Å². The molecule has 14 heavy (non-hydrogen) atoms. The van der Waals surface area contributed by atoms with Crippen molar-refractivity contribution in [2.24, 2.45) is 4.40 Å². The summed E-state index contributed by atoms with van der Waals surface area (Å²) in [6.45, 7) is 6.22. The minimum absolute atomic E-state index is 0.158. The van der Waals surface area contributed by atoms with E-state index in [4.69, 9.17) is 0 Å². The van der Waals surface area contributed by atoms with Gasteiger partial charge in [0, 0.05) is 6.42 Å². The lowest BCUT2D eigenvalue weighted by Gasteiger charge is -2.17. The highest BCUT2D eigenvalue weighted by Crippen LogP contribution is 2.19. The maximum absolute atomic E-state index is 12.3. The van der Waals surface area contributed by atoms with Crippen LogP contribution in [0.25, 0.3) is 0 Å². The molecule has 0 aromatic rings. The molecule has 0 saturated carbocycles. The van der Waals surface area contributed by atoms with Crippen molar-refractivity contribution in [3.8, 4) is 0 Å². The van der Waals surface area contributed by atoms with E-state index in [9.17, 15) is 13.3 Å². The number of hydrogen-bond donors (Lipinski definition) is 0. The molecule has 5 heteroatoms. The van der Waals surface area contributed by atoms with Crippen LogP contribution in [-0.2, 0) is 11.4 Å². The van der Waals surface area contributed by atoms with E-state index in [1.165, 1.54) is 6.21 Å². The first kappa shape index (κ1) is 13.8. The van der Waals surface area contributed by atoms with E-state index in [0.29, 0.717) is 0 Å². The van der Waals surface area contributed by atoms with Crippen molar-refractivity contribution in [3.05, 3.63) is 0 Å². The maximum Gasteiger partial charge on any atom is 0.245 e. The molecule has 0 aliphatic heterocycles. The van der Waals surface area contributed by atoms with Crippen molar-refractivity contribution in [1.82, 2.24) is 0 Å². The van der Waals surface area contributed by atoms with Gasteiger partial charge in [0.25, 0.3) is 0 Å². The molecule has 0 heterocycles. The minimum Gasteiger partial charge on any atom is -0.591 e. The molecule has 84 valence electrons. The van der Waals surface area contributed by atoms with Gasteiger partial charge in [0.15, 0.2) is 0 Å². The van der Waals surface area contributed by atoms with Gasteiger partial charge in [-0.15, -0.1) is 0 Å². The number of nitrogens with zero attached hydrogens (tertiary/aromatic N) is 1. The third kappa shape index (κ3) is 7.26. The highest BCUT2D eigenvalue weighted by Gasteiger charge is 2.26. The average Bonchev–Trinajstić information content (AvgIpc) is 1.93. The van der Waals surface area contributed by atoms with Gasteiger partial charge in [-0.2, -0.15) is 0 Å². The Morgan fingerprint density at radius 3 is 2.14 bits per heavy atom. The number of rotatable bonds is 4. The van der Waals surface area contributed by atoms with Gasteiger partial charge in [-0.05, 0) is 34.1 Å². The molecule has 1 unspecified atom stereocenters. The topological polar surface area (TPSA) is 35.4 Å². The summed E-state index contributed by atoms with van der Waals surface area (Å²) in [5, 5.41) is 0. The molecule has 0 radical (unpaired) electrons. The van der Waals surface area contributed by atoms with E-state index in [-0.39, 0.29) is 12.8 Å². The number of halogens is 2. The van der Waals surface area contributed by atoms with Crippen LogP contribution in [0.2, 0.25) is 0 Å². The van der Waals surface area contributed by atoms with Crippen LogP contribution in [0.4, 0.5) is 8.78 Å². The van der Waals surface area contributed by atoms with Gasteiger partial charge in [-0.25, -0.2) is 8.78 Å². The number of alkyl halides is 2. The van der Waals surface area contributed by atoms with Crippen LogP contribution in [0.1, 0.15) is 40.5 Å². The molecule has 0 rings (SSSR count). The van der Waals surface area contributed by atoms with Gasteiger partial charge in [0.2, 0.25) is 5.92 Å². The summed E-state index contributed by atoms with van der Waals surface area (Å²) >= 11 is -1.34. The lowest BCUT2D eigenvalue weighted by Crippen LogP contribution is -2.25. The predicted octanol–water partition coefficient (Wildman–Crippen LogP) is 2.95. The smallest absolute Gasteiger partial charge is 0.245 e. The van der Waals surface area contributed by atoms with Gasteiger partial charge in [0.05, 0.1) is 6.21 Å². The second kappa shape index (κ2) is 5.07. The maximum atomic E-state index is 12.3. The molecule has 0 bridgehead atoms. The molecule has 0 aromatic heterocycles. The second-order valence-electron chi connectivity index (χ2n) is 4.26. The van der Waals surface area contributed by atoms with Gasteiger partial charge in [0.1, 0.15) is 16.1 Å². The zero-order valence-electron chi connectivity index (χ0n) is 9.01. The first-order valence-electron chi connectivity index (χ1n) is 4.45. The molecular formula is C9H17F2NOS. The van der Waals surface area contributed by atoms with Crippen molar-refractivity contribution in [1.29, 1.82) is 0 Å². The van der Waals surface area contributed by atoms with Crippen LogP contribution < -0.4 is 0 Å². The molecule has 0 N–H and O–H groups in total. The molecule has 0 aromatic carbocycles. The SMILES string of the molecule is CC(F)(F)CCC=N[S+]([O-])C(C)(C)C. The normalized spacial score (nSPS) is 16.2. The summed E-state index contributed by atoms with van der Waals surface area (Å²) in [6, 6.07) is 0. The van der Waals surface area contributed by atoms with Gasteiger partial charge in [-0.3, -0.25) is 0 Å². The summed E-state index contributed by atoms with van der Waals surface area (Å²) in [5.74, 6) is -2.67. The van der Waals surface area contributed by atoms with Gasteiger partial charge >= 0.3 is 0 Å². The van der Waals surface area contributed by atoms with Crippen molar-refractivity contribution >= 4 is 17.6 Å². The molecule has 0 spiro atoms. The standard InChI is InChI=1S/C9H17F2NOS/c1-8(2,3)14(13)12-7-5-6-9(4,10)11/h7H,5-6H2,1-4H3. The fourth-order valence-electron chi connectivity index (χ4n) is 0.597. The van der Waals surface area contributed by atoms with E-state index in [1.807, 2.05) is 0 Å². The molecule has 0 aliphatic rings. The first-order chi connectivity index (χ1) is 6.13. The second-order valence-corrected chi connectivity index (χ2v) is 6.19. The lowest BCUT2D eigenvalue weighted by molar-refractivity contribution is 0.0154. The number of hydrogen-bond acceptors (Lipinski definition) is 2. The zero-order chi connectivity index (χ0) is 11.4. The van der Waals surface area contributed by atoms with Crippen LogP contribution in [-0.4, -0.2) is 21.4 Å².